The molecule has 18 heavy (non-hydrogen) atoms. The maximum absolute atomic E-state index is 9.30. The predicted octanol–water partition coefficient (Wildman–Crippen LogP) is 2.33. The number of nitrogens with one attached hydrogen (secondary N) is 1. The van der Waals surface area contributed by atoms with Gasteiger partial charge in [0.25, 0.3) is 0 Å². The highest BCUT2D eigenvalue weighted by molar-refractivity contribution is 4.84. The van der Waals surface area contributed by atoms with Gasteiger partial charge in [0.15, 0.2) is 0 Å². The molecule has 2 saturated carbocycles. The van der Waals surface area contributed by atoms with E-state index in [1.165, 1.54) is 32.1 Å². The molecule has 0 heterocycles. The fourth-order valence-corrected chi connectivity index (χ4v) is 2.84. The lowest BCUT2D eigenvalue weighted by Gasteiger charge is -2.32. The molecule has 2 rings (SSSR count). The van der Waals surface area contributed by atoms with Gasteiger partial charge >= 0.3 is 0 Å². The molecule has 2 aliphatic rings. The van der Waals surface area contributed by atoms with E-state index in [4.69, 9.17) is 4.74 Å². The van der Waals surface area contributed by atoms with E-state index in [1.807, 2.05) is 0 Å². The Balaban J connectivity index is 1.59. The summed E-state index contributed by atoms with van der Waals surface area (Å²) in [6, 6.07) is 0.898. The van der Waals surface area contributed by atoms with Crippen LogP contribution < -0.4 is 5.32 Å². The molecular formula is C15H29NO2. The lowest BCUT2D eigenvalue weighted by Crippen LogP contribution is -2.36. The van der Waals surface area contributed by atoms with Gasteiger partial charge in [-0.2, -0.15) is 0 Å². The summed E-state index contributed by atoms with van der Waals surface area (Å²) in [5.74, 6) is 1.65. The molecule has 3 heteroatoms. The average Bonchev–Trinajstić information content (AvgIpc) is 3.16. The molecule has 0 radical (unpaired) electrons. The van der Waals surface area contributed by atoms with Crippen molar-refractivity contribution >= 4 is 0 Å². The van der Waals surface area contributed by atoms with Crippen LogP contribution in [0.25, 0.3) is 0 Å². The van der Waals surface area contributed by atoms with E-state index in [1.54, 1.807) is 0 Å². The van der Waals surface area contributed by atoms with Crippen LogP contribution >= 0.6 is 0 Å². The van der Waals surface area contributed by atoms with Gasteiger partial charge in [-0.25, -0.2) is 0 Å². The number of hydrogen-bond acceptors (Lipinski definition) is 3. The second-order valence-electron chi connectivity index (χ2n) is 6.37. The summed E-state index contributed by atoms with van der Waals surface area (Å²) in [6.45, 7) is 5.71. The van der Waals surface area contributed by atoms with Gasteiger partial charge < -0.3 is 15.2 Å². The molecule has 2 N–H and O–H groups in total. The monoisotopic (exact) mass is 255 g/mol. The number of aliphatic hydroxyl groups is 1. The second kappa shape index (κ2) is 6.88. The van der Waals surface area contributed by atoms with Crippen molar-refractivity contribution in [3.8, 4) is 0 Å². The lowest BCUT2D eigenvalue weighted by atomic mass is 9.80. The predicted molar refractivity (Wildman–Crippen MR) is 73.6 cm³/mol. The molecule has 2 aliphatic carbocycles. The summed E-state index contributed by atoms with van der Waals surface area (Å²) >= 11 is 0. The molecule has 0 bridgehead atoms. The Kier molecular flexibility index (Phi) is 5.46. The van der Waals surface area contributed by atoms with Gasteiger partial charge in [-0.3, -0.25) is 0 Å². The van der Waals surface area contributed by atoms with Crippen LogP contribution in [0, 0.1) is 11.8 Å². The van der Waals surface area contributed by atoms with E-state index in [2.05, 4.69) is 19.2 Å². The zero-order valence-electron chi connectivity index (χ0n) is 11.9. The van der Waals surface area contributed by atoms with Crippen LogP contribution in [0.5, 0.6) is 0 Å². The first-order chi connectivity index (χ1) is 8.69. The van der Waals surface area contributed by atoms with Gasteiger partial charge in [-0.1, -0.05) is 13.8 Å². The third kappa shape index (κ3) is 4.52. The molecule has 0 spiro atoms. The molecule has 3 nitrogen and oxygen atoms in total. The maximum Gasteiger partial charge on any atom is 0.0585 e. The minimum atomic E-state index is 0.234. The Hall–Kier alpha value is -0.120. The molecule has 0 aromatic heterocycles. The van der Waals surface area contributed by atoms with Crippen LogP contribution in [0.2, 0.25) is 0 Å². The molecule has 4 atom stereocenters. The van der Waals surface area contributed by atoms with Crippen LogP contribution in [0.3, 0.4) is 0 Å². The zero-order chi connectivity index (χ0) is 13.0. The molecule has 0 aromatic carbocycles. The second-order valence-corrected chi connectivity index (χ2v) is 6.37. The molecule has 4 unspecified atom stereocenters. The van der Waals surface area contributed by atoms with Gasteiger partial charge in [0.05, 0.1) is 12.7 Å². The fourth-order valence-electron chi connectivity index (χ4n) is 2.84. The first-order valence-corrected chi connectivity index (χ1v) is 7.67. The van der Waals surface area contributed by atoms with E-state index >= 15 is 0 Å². The average molecular weight is 255 g/mol. The maximum atomic E-state index is 9.30. The molecule has 0 aliphatic heterocycles. The Labute approximate surface area is 111 Å². The normalized spacial score (nSPS) is 34.5. The number of ether oxygens (including phenoxy) is 1. The van der Waals surface area contributed by atoms with Gasteiger partial charge in [-0.15, -0.1) is 0 Å². The number of hydrogen-bond donors (Lipinski definition) is 2. The van der Waals surface area contributed by atoms with Crippen LogP contribution in [0.1, 0.15) is 52.4 Å². The van der Waals surface area contributed by atoms with Gasteiger partial charge in [0.2, 0.25) is 0 Å². The van der Waals surface area contributed by atoms with Crippen molar-refractivity contribution < 1.29 is 9.84 Å². The van der Waals surface area contributed by atoms with Crippen molar-refractivity contribution in [2.24, 2.45) is 11.8 Å². The van der Waals surface area contributed by atoms with E-state index in [9.17, 15) is 5.11 Å². The summed E-state index contributed by atoms with van der Waals surface area (Å²) in [5.41, 5.74) is 0. The Bertz CT molecular complexity index is 243. The van der Waals surface area contributed by atoms with Gasteiger partial charge in [-0.05, 0) is 50.4 Å². The Morgan fingerprint density at radius 2 is 1.94 bits per heavy atom. The molecule has 0 saturated heterocycles. The van der Waals surface area contributed by atoms with Crippen molar-refractivity contribution in [3.05, 3.63) is 0 Å². The van der Waals surface area contributed by atoms with Crippen molar-refractivity contribution in [1.29, 1.82) is 0 Å². The molecule has 106 valence electrons. The van der Waals surface area contributed by atoms with E-state index in [0.717, 1.165) is 24.9 Å². The van der Waals surface area contributed by atoms with Crippen LogP contribution in [0.15, 0.2) is 0 Å². The first kappa shape index (κ1) is 14.3. The standard InChI is InChI=1S/C15H29NO2/c1-11-3-6-15(9-12(11)2)18-8-7-14(10-17)16-13-4-5-13/h11-17H,3-10H2,1-2H3. The quantitative estimate of drug-likeness (QED) is 0.733. The van der Waals surface area contributed by atoms with Crippen LogP contribution in [-0.2, 0) is 4.74 Å². The minimum absolute atomic E-state index is 0.234. The Morgan fingerprint density at radius 1 is 1.17 bits per heavy atom. The van der Waals surface area contributed by atoms with E-state index in [0.29, 0.717) is 12.1 Å². The number of rotatable bonds is 7. The SMILES string of the molecule is CC1CCC(OCCC(CO)NC2CC2)CC1C. The van der Waals surface area contributed by atoms with E-state index in [-0.39, 0.29) is 12.6 Å². The highest BCUT2D eigenvalue weighted by atomic mass is 16.5. The van der Waals surface area contributed by atoms with Gasteiger partial charge in [0, 0.05) is 18.7 Å². The summed E-state index contributed by atoms with van der Waals surface area (Å²) in [4.78, 5) is 0. The Morgan fingerprint density at radius 3 is 2.56 bits per heavy atom. The van der Waals surface area contributed by atoms with Crippen molar-refractivity contribution in [2.45, 2.75) is 70.6 Å². The topological polar surface area (TPSA) is 41.5 Å². The van der Waals surface area contributed by atoms with E-state index < -0.39 is 0 Å². The number of aliphatic hydroxyl groups excluding tert-OH is 1. The first-order valence-electron chi connectivity index (χ1n) is 7.67. The minimum Gasteiger partial charge on any atom is -0.395 e. The summed E-state index contributed by atoms with van der Waals surface area (Å²) in [5, 5.41) is 12.8. The highest BCUT2D eigenvalue weighted by Crippen LogP contribution is 2.31. The summed E-state index contributed by atoms with van der Waals surface area (Å²) in [6.07, 6.45) is 7.66. The highest BCUT2D eigenvalue weighted by Gasteiger charge is 2.26. The molecule has 2 fully saturated rings. The summed E-state index contributed by atoms with van der Waals surface area (Å²) < 4.78 is 5.98. The van der Waals surface area contributed by atoms with Crippen molar-refractivity contribution in [1.82, 2.24) is 5.32 Å². The van der Waals surface area contributed by atoms with Gasteiger partial charge in [0.1, 0.15) is 0 Å². The largest absolute Gasteiger partial charge is 0.395 e. The van der Waals surface area contributed by atoms with Crippen LogP contribution in [-0.4, -0.2) is 36.5 Å². The third-order valence-electron chi connectivity index (χ3n) is 4.64. The van der Waals surface area contributed by atoms with Crippen LogP contribution in [0.4, 0.5) is 0 Å². The fraction of sp³-hybridized carbons (Fsp3) is 1.00. The smallest absolute Gasteiger partial charge is 0.0585 e. The molecule has 0 amide bonds. The third-order valence-corrected chi connectivity index (χ3v) is 4.64. The molecular weight excluding hydrogens is 226 g/mol. The lowest BCUT2D eigenvalue weighted by molar-refractivity contribution is -0.00300. The zero-order valence-corrected chi connectivity index (χ0v) is 11.9. The summed E-state index contributed by atoms with van der Waals surface area (Å²) in [7, 11) is 0. The van der Waals surface area contributed by atoms with Crippen molar-refractivity contribution in [2.75, 3.05) is 13.2 Å². The molecule has 0 aromatic rings. The van der Waals surface area contributed by atoms with Crippen molar-refractivity contribution in [3.63, 3.8) is 0 Å².